The van der Waals surface area contributed by atoms with Crippen LogP contribution in [0, 0.1) is 0 Å². The Morgan fingerprint density at radius 1 is 1.43 bits per heavy atom. The number of nitrogens with zero attached hydrogens (tertiary/aromatic N) is 1. The van der Waals surface area contributed by atoms with E-state index in [-0.39, 0.29) is 0 Å². The number of halogens is 1. The predicted molar refractivity (Wildman–Crippen MR) is 63.2 cm³/mol. The molecule has 0 atom stereocenters. The maximum absolute atomic E-state index is 6.16. The third kappa shape index (κ3) is 1.91. The Bertz CT molecular complexity index is 436. The van der Waals surface area contributed by atoms with E-state index in [9.17, 15) is 0 Å². The standard InChI is InChI=1S/C11H12ClNS/c1-2-3-4-8-5-11-10(6-9(8)12)13-7-14-11/h5-7H,2-4H2,1H3. The number of aromatic nitrogens is 1. The highest BCUT2D eigenvalue weighted by Crippen LogP contribution is 2.26. The van der Waals surface area contributed by atoms with Crippen molar-refractivity contribution in [2.45, 2.75) is 26.2 Å². The number of unbranched alkanes of at least 4 members (excludes halogenated alkanes) is 1. The summed E-state index contributed by atoms with van der Waals surface area (Å²) in [4.78, 5) is 4.24. The predicted octanol–water partition coefficient (Wildman–Crippen LogP) is 4.29. The number of rotatable bonds is 3. The molecule has 1 aromatic carbocycles. The van der Waals surface area contributed by atoms with Crippen molar-refractivity contribution in [3.63, 3.8) is 0 Å². The van der Waals surface area contributed by atoms with Crippen LogP contribution in [0.25, 0.3) is 10.2 Å². The van der Waals surface area contributed by atoms with Crippen molar-refractivity contribution in [3.05, 3.63) is 28.2 Å². The number of fused-ring (bicyclic) bond motifs is 1. The minimum absolute atomic E-state index is 0.858. The van der Waals surface area contributed by atoms with Gasteiger partial charge in [0, 0.05) is 5.02 Å². The highest BCUT2D eigenvalue weighted by Gasteiger charge is 2.04. The molecule has 2 rings (SSSR count). The third-order valence-electron chi connectivity index (χ3n) is 2.30. The third-order valence-corrected chi connectivity index (χ3v) is 3.44. The van der Waals surface area contributed by atoms with Gasteiger partial charge in [-0.2, -0.15) is 0 Å². The molecule has 0 fully saturated rings. The van der Waals surface area contributed by atoms with Crippen molar-refractivity contribution in [1.29, 1.82) is 0 Å². The van der Waals surface area contributed by atoms with Gasteiger partial charge in [-0.3, -0.25) is 0 Å². The second-order valence-corrected chi connectivity index (χ2v) is 4.66. The number of hydrogen-bond acceptors (Lipinski definition) is 2. The molecule has 1 aromatic heterocycles. The van der Waals surface area contributed by atoms with Crippen molar-refractivity contribution < 1.29 is 0 Å². The molecule has 0 bridgehead atoms. The molecule has 1 nitrogen and oxygen atoms in total. The van der Waals surface area contributed by atoms with E-state index in [1.165, 1.54) is 23.1 Å². The zero-order valence-corrected chi connectivity index (χ0v) is 9.66. The molecule has 0 aliphatic carbocycles. The molecule has 0 amide bonds. The van der Waals surface area contributed by atoms with Gasteiger partial charge in [-0.25, -0.2) is 4.98 Å². The second kappa shape index (κ2) is 4.28. The van der Waals surface area contributed by atoms with E-state index < -0.39 is 0 Å². The van der Waals surface area contributed by atoms with Crippen LogP contribution >= 0.6 is 22.9 Å². The SMILES string of the molecule is CCCCc1cc2scnc2cc1Cl. The Morgan fingerprint density at radius 2 is 2.29 bits per heavy atom. The normalized spacial score (nSPS) is 11.0. The molecule has 0 spiro atoms. The number of thiazole rings is 1. The van der Waals surface area contributed by atoms with Gasteiger partial charge >= 0.3 is 0 Å². The summed E-state index contributed by atoms with van der Waals surface area (Å²) < 4.78 is 1.24. The van der Waals surface area contributed by atoms with Crippen LogP contribution in [-0.2, 0) is 6.42 Å². The zero-order valence-electron chi connectivity index (χ0n) is 8.09. The molecule has 0 saturated heterocycles. The number of hydrogen-bond donors (Lipinski definition) is 0. The van der Waals surface area contributed by atoms with Gasteiger partial charge in [0.05, 0.1) is 15.7 Å². The zero-order chi connectivity index (χ0) is 9.97. The van der Waals surface area contributed by atoms with Crippen molar-refractivity contribution in [1.82, 2.24) is 4.98 Å². The molecular formula is C11H12ClNS. The average molecular weight is 226 g/mol. The van der Waals surface area contributed by atoms with Crippen LogP contribution in [-0.4, -0.2) is 4.98 Å². The minimum Gasteiger partial charge on any atom is -0.245 e. The van der Waals surface area contributed by atoms with Crippen molar-refractivity contribution >= 4 is 33.2 Å². The molecule has 14 heavy (non-hydrogen) atoms. The fourth-order valence-corrected chi connectivity index (χ4v) is 2.45. The molecule has 1 heterocycles. The molecule has 74 valence electrons. The quantitative estimate of drug-likeness (QED) is 0.759. The summed E-state index contributed by atoms with van der Waals surface area (Å²) in [6, 6.07) is 4.14. The molecule has 0 saturated carbocycles. The number of aryl methyl sites for hydroxylation is 1. The van der Waals surface area contributed by atoms with Gasteiger partial charge in [0.15, 0.2) is 0 Å². The summed E-state index contributed by atoms with van der Waals surface area (Å²) >= 11 is 7.83. The molecular weight excluding hydrogens is 214 g/mol. The van der Waals surface area contributed by atoms with Crippen LogP contribution in [0.1, 0.15) is 25.3 Å². The van der Waals surface area contributed by atoms with Crippen molar-refractivity contribution in [2.24, 2.45) is 0 Å². The average Bonchev–Trinajstić information content (AvgIpc) is 2.61. The van der Waals surface area contributed by atoms with Gasteiger partial charge in [-0.15, -0.1) is 11.3 Å². The summed E-state index contributed by atoms with van der Waals surface area (Å²) in [5, 5.41) is 0.858. The monoisotopic (exact) mass is 225 g/mol. The van der Waals surface area contributed by atoms with Gasteiger partial charge in [0.2, 0.25) is 0 Å². The summed E-state index contributed by atoms with van der Waals surface area (Å²) in [5.41, 5.74) is 4.13. The van der Waals surface area contributed by atoms with Crippen LogP contribution in [0.15, 0.2) is 17.6 Å². The molecule has 0 aliphatic rings. The van der Waals surface area contributed by atoms with Crippen LogP contribution < -0.4 is 0 Å². The Kier molecular flexibility index (Phi) is 3.04. The van der Waals surface area contributed by atoms with Gasteiger partial charge in [0.1, 0.15) is 0 Å². The summed E-state index contributed by atoms with van der Waals surface area (Å²) in [6.45, 7) is 2.19. The lowest BCUT2D eigenvalue weighted by molar-refractivity contribution is 0.796. The van der Waals surface area contributed by atoms with E-state index in [4.69, 9.17) is 11.6 Å². The van der Waals surface area contributed by atoms with Crippen LogP contribution in [0.5, 0.6) is 0 Å². The van der Waals surface area contributed by atoms with E-state index in [0.717, 1.165) is 17.0 Å². The Hall–Kier alpha value is -0.600. The maximum Gasteiger partial charge on any atom is 0.0827 e. The molecule has 2 aromatic rings. The largest absolute Gasteiger partial charge is 0.245 e. The van der Waals surface area contributed by atoms with Crippen LogP contribution in [0.3, 0.4) is 0 Å². The summed E-state index contributed by atoms with van der Waals surface area (Å²) in [6.07, 6.45) is 3.48. The molecule has 0 aliphatic heterocycles. The van der Waals surface area contributed by atoms with E-state index in [2.05, 4.69) is 18.0 Å². The first kappa shape index (κ1) is 9.94. The van der Waals surface area contributed by atoms with Crippen molar-refractivity contribution in [3.8, 4) is 0 Å². The van der Waals surface area contributed by atoms with Crippen LogP contribution in [0.2, 0.25) is 5.02 Å². The number of benzene rings is 1. The molecule has 3 heteroatoms. The lowest BCUT2D eigenvalue weighted by Gasteiger charge is -2.02. The smallest absolute Gasteiger partial charge is 0.0827 e. The first-order valence-corrected chi connectivity index (χ1v) is 6.08. The Labute approximate surface area is 92.7 Å². The summed E-state index contributed by atoms with van der Waals surface area (Å²) in [5.74, 6) is 0. The fraction of sp³-hybridized carbons (Fsp3) is 0.364. The Morgan fingerprint density at radius 3 is 3.07 bits per heavy atom. The molecule has 0 radical (unpaired) electrons. The van der Waals surface area contributed by atoms with E-state index >= 15 is 0 Å². The van der Waals surface area contributed by atoms with Gasteiger partial charge < -0.3 is 0 Å². The molecule has 0 unspecified atom stereocenters. The van der Waals surface area contributed by atoms with Crippen LogP contribution in [0.4, 0.5) is 0 Å². The highest BCUT2D eigenvalue weighted by atomic mass is 35.5. The lowest BCUT2D eigenvalue weighted by Crippen LogP contribution is -1.86. The lowest BCUT2D eigenvalue weighted by atomic mass is 10.1. The van der Waals surface area contributed by atoms with E-state index in [1.807, 2.05) is 11.6 Å². The topological polar surface area (TPSA) is 12.9 Å². The van der Waals surface area contributed by atoms with E-state index in [1.54, 1.807) is 11.3 Å². The fourth-order valence-electron chi connectivity index (χ4n) is 1.48. The summed E-state index contributed by atoms with van der Waals surface area (Å²) in [7, 11) is 0. The second-order valence-electron chi connectivity index (χ2n) is 3.37. The highest BCUT2D eigenvalue weighted by molar-refractivity contribution is 7.16. The van der Waals surface area contributed by atoms with E-state index in [0.29, 0.717) is 0 Å². The van der Waals surface area contributed by atoms with Gasteiger partial charge in [-0.1, -0.05) is 24.9 Å². The maximum atomic E-state index is 6.16. The first-order chi connectivity index (χ1) is 6.81. The van der Waals surface area contributed by atoms with Gasteiger partial charge in [0.25, 0.3) is 0 Å². The Balaban J connectivity index is 2.38. The van der Waals surface area contributed by atoms with Gasteiger partial charge in [-0.05, 0) is 30.5 Å². The van der Waals surface area contributed by atoms with Crippen molar-refractivity contribution in [2.75, 3.05) is 0 Å². The molecule has 0 N–H and O–H groups in total. The minimum atomic E-state index is 0.858. The first-order valence-electron chi connectivity index (χ1n) is 4.83.